The number of aliphatic imine (C=N–C) groups is 1. The maximum Gasteiger partial charge on any atom is 0.238 e. The first-order valence-corrected chi connectivity index (χ1v) is 11.0. The first-order chi connectivity index (χ1) is 16.4. The molecule has 0 saturated heterocycles. The molecular weight excluding hydrogens is 448 g/mol. The van der Waals surface area contributed by atoms with E-state index in [1.54, 1.807) is 32.6 Å². The lowest BCUT2D eigenvalue weighted by Gasteiger charge is -2.09. The third-order valence-corrected chi connectivity index (χ3v) is 5.81. The van der Waals surface area contributed by atoms with Gasteiger partial charge in [0.05, 0.1) is 19.2 Å². The van der Waals surface area contributed by atoms with Crippen LogP contribution in [0, 0.1) is 25.2 Å². The maximum absolute atomic E-state index is 10.1. The second-order valence-electron chi connectivity index (χ2n) is 7.82. The van der Waals surface area contributed by atoms with E-state index < -0.39 is 0 Å². The number of rotatable bonds is 6. The van der Waals surface area contributed by atoms with E-state index in [2.05, 4.69) is 11.1 Å². The second-order valence-corrected chi connectivity index (χ2v) is 8.22. The molecule has 3 aromatic carbocycles. The lowest BCUT2D eigenvalue weighted by molar-refractivity contribution is 0.355. The minimum Gasteiger partial charge on any atom is -0.493 e. The summed E-state index contributed by atoms with van der Waals surface area (Å²) in [4.78, 5) is 4.51. The highest BCUT2D eigenvalue weighted by Crippen LogP contribution is 2.43. The van der Waals surface area contributed by atoms with Gasteiger partial charge in [0.25, 0.3) is 0 Å². The van der Waals surface area contributed by atoms with E-state index >= 15 is 0 Å². The predicted octanol–water partition coefficient (Wildman–Crippen LogP) is 7.52. The van der Waals surface area contributed by atoms with E-state index in [0.29, 0.717) is 39.0 Å². The Kier molecular flexibility index (Phi) is 6.72. The topological polar surface area (TPSA) is 67.8 Å². The number of hydrogen-bond acceptors (Lipinski definition) is 5. The molecule has 0 unspecified atom stereocenters. The Balaban J connectivity index is 1.87. The number of ether oxygens (including phenoxy) is 2. The summed E-state index contributed by atoms with van der Waals surface area (Å²) in [5.74, 6) is 1.84. The van der Waals surface area contributed by atoms with Gasteiger partial charge >= 0.3 is 0 Å². The molecule has 0 fully saturated rings. The summed E-state index contributed by atoms with van der Waals surface area (Å²) in [5, 5.41) is 10.5. The lowest BCUT2D eigenvalue weighted by Crippen LogP contribution is -1.93. The van der Waals surface area contributed by atoms with Gasteiger partial charge in [0.1, 0.15) is 17.4 Å². The zero-order chi connectivity index (χ0) is 24.2. The van der Waals surface area contributed by atoms with E-state index in [4.69, 9.17) is 25.5 Å². The number of nitriles is 1. The number of halogens is 1. The molecule has 6 heteroatoms. The van der Waals surface area contributed by atoms with Crippen LogP contribution in [0.3, 0.4) is 0 Å². The number of benzene rings is 3. The molecule has 4 aromatic rings. The molecule has 5 nitrogen and oxygen atoms in total. The number of hydrogen-bond donors (Lipinski definition) is 0. The van der Waals surface area contributed by atoms with Crippen LogP contribution in [-0.4, -0.2) is 20.4 Å². The summed E-state index contributed by atoms with van der Waals surface area (Å²) in [7, 11) is 3.10. The standard InChI is InChI=1S/C28H23ClN2O3/c1-17-5-9-19(10-6-17)26-22(15-30)28(34-27(26)20-11-7-18(2)8-12-20)31-16-21-13-24(32-3)25(33-4)14-23(21)29/h5-14,16H,1-4H3. The van der Waals surface area contributed by atoms with Crippen LogP contribution >= 0.6 is 11.6 Å². The zero-order valence-electron chi connectivity index (χ0n) is 19.3. The third kappa shape index (κ3) is 4.54. The number of methoxy groups -OCH3 is 2. The van der Waals surface area contributed by atoms with Crippen LogP contribution < -0.4 is 9.47 Å². The van der Waals surface area contributed by atoms with Crippen LogP contribution in [0.1, 0.15) is 22.3 Å². The summed E-state index contributed by atoms with van der Waals surface area (Å²) in [6, 6.07) is 21.6. The molecule has 1 aromatic heterocycles. The van der Waals surface area contributed by atoms with Crippen molar-refractivity contribution in [1.29, 1.82) is 5.26 Å². The largest absolute Gasteiger partial charge is 0.493 e. The fourth-order valence-electron chi connectivity index (χ4n) is 3.61. The molecular formula is C28H23ClN2O3. The Labute approximate surface area is 203 Å². The molecule has 0 bridgehead atoms. The summed E-state index contributed by atoms with van der Waals surface area (Å²) in [5.41, 5.74) is 5.67. The van der Waals surface area contributed by atoms with Crippen molar-refractivity contribution >= 4 is 23.7 Å². The van der Waals surface area contributed by atoms with E-state index in [1.165, 1.54) is 0 Å². The van der Waals surface area contributed by atoms with Crippen LogP contribution in [0.4, 0.5) is 5.88 Å². The van der Waals surface area contributed by atoms with Crippen molar-refractivity contribution in [3.63, 3.8) is 0 Å². The van der Waals surface area contributed by atoms with E-state index in [1.807, 2.05) is 62.4 Å². The lowest BCUT2D eigenvalue weighted by atomic mass is 9.97. The van der Waals surface area contributed by atoms with Gasteiger partial charge in [0.15, 0.2) is 11.5 Å². The summed E-state index contributed by atoms with van der Waals surface area (Å²) >= 11 is 6.41. The molecule has 0 aliphatic rings. The van der Waals surface area contributed by atoms with Crippen molar-refractivity contribution in [2.24, 2.45) is 4.99 Å². The minimum atomic E-state index is 0.208. The average Bonchev–Trinajstić information content (AvgIpc) is 3.22. The molecule has 4 rings (SSSR count). The molecule has 0 atom stereocenters. The molecule has 34 heavy (non-hydrogen) atoms. The van der Waals surface area contributed by atoms with Crippen LogP contribution in [0.5, 0.6) is 11.5 Å². The number of furan rings is 1. The van der Waals surface area contributed by atoms with Gasteiger partial charge in [-0.05, 0) is 25.5 Å². The van der Waals surface area contributed by atoms with E-state index in [9.17, 15) is 5.26 Å². The zero-order valence-corrected chi connectivity index (χ0v) is 20.1. The minimum absolute atomic E-state index is 0.208. The van der Waals surface area contributed by atoms with Crippen molar-refractivity contribution in [3.8, 4) is 40.0 Å². The Bertz CT molecular complexity index is 1400. The van der Waals surface area contributed by atoms with E-state index in [0.717, 1.165) is 22.3 Å². The Morgan fingerprint density at radius 2 is 1.44 bits per heavy atom. The molecule has 0 aliphatic heterocycles. The summed E-state index contributed by atoms with van der Waals surface area (Å²) in [6.07, 6.45) is 1.56. The SMILES string of the molecule is COc1cc(Cl)c(C=Nc2oc(-c3ccc(C)cc3)c(-c3ccc(C)cc3)c2C#N)cc1OC. The third-order valence-electron chi connectivity index (χ3n) is 5.48. The Morgan fingerprint density at radius 1 is 0.882 bits per heavy atom. The van der Waals surface area contributed by atoms with Crippen molar-refractivity contribution in [2.75, 3.05) is 14.2 Å². The maximum atomic E-state index is 10.1. The molecule has 0 aliphatic carbocycles. The molecule has 0 saturated carbocycles. The molecule has 0 spiro atoms. The fraction of sp³-hybridized carbons (Fsp3) is 0.143. The highest BCUT2D eigenvalue weighted by molar-refractivity contribution is 6.33. The highest BCUT2D eigenvalue weighted by atomic mass is 35.5. The molecule has 0 N–H and O–H groups in total. The molecule has 0 radical (unpaired) electrons. The Hall–Kier alpha value is -4.01. The van der Waals surface area contributed by atoms with Gasteiger partial charge < -0.3 is 13.9 Å². The normalized spacial score (nSPS) is 10.9. The van der Waals surface area contributed by atoms with Gasteiger partial charge in [0.2, 0.25) is 5.88 Å². The number of aryl methyl sites for hydroxylation is 2. The van der Waals surface area contributed by atoms with Gasteiger partial charge in [0, 0.05) is 29.0 Å². The number of nitrogens with zero attached hydrogens (tertiary/aromatic N) is 2. The highest BCUT2D eigenvalue weighted by Gasteiger charge is 2.23. The fourth-order valence-corrected chi connectivity index (χ4v) is 3.82. The van der Waals surface area contributed by atoms with Gasteiger partial charge in [-0.15, -0.1) is 0 Å². The monoisotopic (exact) mass is 470 g/mol. The van der Waals surface area contributed by atoms with Crippen LogP contribution in [0.2, 0.25) is 5.02 Å². The smallest absolute Gasteiger partial charge is 0.238 e. The second kappa shape index (κ2) is 9.86. The van der Waals surface area contributed by atoms with Crippen LogP contribution in [0.15, 0.2) is 70.1 Å². The summed E-state index contributed by atoms with van der Waals surface area (Å²) < 4.78 is 16.8. The predicted molar refractivity (Wildman–Crippen MR) is 136 cm³/mol. The first-order valence-electron chi connectivity index (χ1n) is 10.6. The average molecular weight is 471 g/mol. The van der Waals surface area contributed by atoms with Crippen LogP contribution in [-0.2, 0) is 0 Å². The molecule has 1 heterocycles. The van der Waals surface area contributed by atoms with Gasteiger partial charge in [-0.3, -0.25) is 0 Å². The quantitative estimate of drug-likeness (QED) is 0.273. The van der Waals surface area contributed by atoms with Gasteiger partial charge in [-0.1, -0.05) is 71.3 Å². The van der Waals surface area contributed by atoms with Crippen LogP contribution in [0.25, 0.3) is 22.5 Å². The molecule has 0 amide bonds. The van der Waals surface area contributed by atoms with Crippen molar-refractivity contribution in [3.05, 3.63) is 87.9 Å². The molecule has 170 valence electrons. The first kappa shape index (κ1) is 23.2. The van der Waals surface area contributed by atoms with Crippen molar-refractivity contribution in [2.45, 2.75) is 13.8 Å². The van der Waals surface area contributed by atoms with Gasteiger partial charge in [-0.2, -0.15) is 5.26 Å². The van der Waals surface area contributed by atoms with Crippen molar-refractivity contribution < 1.29 is 13.9 Å². The van der Waals surface area contributed by atoms with Crippen molar-refractivity contribution in [1.82, 2.24) is 0 Å². The van der Waals surface area contributed by atoms with Gasteiger partial charge in [-0.25, -0.2) is 4.99 Å². The summed E-state index contributed by atoms with van der Waals surface area (Å²) in [6.45, 7) is 4.05. The van der Waals surface area contributed by atoms with E-state index in [-0.39, 0.29) is 5.88 Å². The Morgan fingerprint density at radius 3 is 2.00 bits per heavy atom.